The molecule has 0 aliphatic heterocycles. The maximum absolute atomic E-state index is 6.08. The van der Waals surface area contributed by atoms with Gasteiger partial charge in [-0.25, -0.2) is 0 Å². The summed E-state index contributed by atoms with van der Waals surface area (Å²) in [5.41, 5.74) is 6.08. The van der Waals surface area contributed by atoms with Gasteiger partial charge in [0.25, 0.3) is 0 Å². The number of nitrogens with zero attached hydrogens (tertiary/aromatic N) is 2. The van der Waals surface area contributed by atoms with Crippen LogP contribution in [0.5, 0.6) is 0 Å². The molecule has 4 nitrogen and oxygen atoms in total. The first-order valence-corrected chi connectivity index (χ1v) is 6.22. The van der Waals surface area contributed by atoms with Crippen LogP contribution in [0.3, 0.4) is 0 Å². The predicted octanol–water partition coefficient (Wildman–Crippen LogP) is 2.30. The average Bonchev–Trinajstić information content (AvgIpc) is 2.97. The molecule has 1 unspecified atom stereocenters. The van der Waals surface area contributed by atoms with Crippen molar-refractivity contribution in [3.05, 3.63) is 33.6 Å². The molecule has 0 amide bonds. The Bertz CT molecular complexity index is 421. The smallest absolute Gasteiger partial charge is 0.226 e. The van der Waals surface area contributed by atoms with E-state index in [0.717, 1.165) is 17.7 Å². The molecule has 0 fully saturated rings. The summed E-state index contributed by atoms with van der Waals surface area (Å²) in [7, 11) is 0. The molecule has 2 aromatic rings. The second-order valence-corrected chi connectivity index (χ2v) is 4.74. The van der Waals surface area contributed by atoms with E-state index in [-0.39, 0.29) is 6.04 Å². The lowest BCUT2D eigenvalue weighted by Gasteiger charge is -2.02. The van der Waals surface area contributed by atoms with E-state index in [1.165, 1.54) is 4.88 Å². The number of thiophene rings is 1. The Morgan fingerprint density at radius 3 is 2.75 bits per heavy atom. The van der Waals surface area contributed by atoms with Gasteiger partial charge in [0.2, 0.25) is 5.89 Å². The van der Waals surface area contributed by atoms with Crippen LogP contribution in [0, 0.1) is 0 Å². The molecule has 0 aromatic carbocycles. The fourth-order valence-corrected chi connectivity index (χ4v) is 2.37. The molecule has 5 heteroatoms. The van der Waals surface area contributed by atoms with Gasteiger partial charge in [0.1, 0.15) is 6.04 Å². The van der Waals surface area contributed by atoms with Crippen LogP contribution in [0.15, 0.2) is 16.7 Å². The highest BCUT2D eigenvalue weighted by atomic mass is 32.1. The summed E-state index contributed by atoms with van der Waals surface area (Å²) < 4.78 is 5.05. The average molecular weight is 237 g/mol. The Kier molecular flexibility index (Phi) is 3.36. The minimum absolute atomic E-state index is 0.269. The lowest BCUT2D eigenvalue weighted by Crippen LogP contribution is -2.12. The topological polar surface area (TPSA) is 64.9 Å². The molecule has 1 atom stereocenters. The predicted molar refractivity (Wildman–Crippen MR) is 63.4 cm³/mol. The van der Waals surface area contributed by atoms with E-state index in [1.54, 1.807) is 11.3 Å². The molecule has 0 aliphatic rings. The van der Waals surface area contributed by atoms with E-state index in [2.05, 4.69) is 23.1 Å². The highest BCUT2D eigenvalue weighted by Gasteiger charge is 2.17. The molecule has 0 saturated carbocycles. The Balaban J connectivity index is 2.20. The maximum Gasteiger partial charge on any atom is 0.226 e. The minimum atomic E-state index is -0.269. The summed E-state index contributed by atoms with van der Waals surface area (Å²) in [6, 6.07) is 3.87. The van der Waals surface area contributed by atoms with Gasteiger partial charge in [-0.2, -0.15) is 4.98 Å². The first-order chi connectivity index (χ1) is 7.74. The summed E-state index contributed by atoms with van der Waals surface area (Å²) in [5, 5.41) is 3.89. The molecule has 0 bridgehead atoms. The van der Waals surface area contributed by atoms with Crippen LogP contribution >= 0.6 is 11.3 Å². The van der Waals surface area contributed by atoms with Crippen LogP contribution in [0.1, 0.15) is 41.4 Å². The number of nitrogens with two attached hydrogens (primary N) is 1. The summed E-state index contributed by atoms with van der Waals surface area (Å²) in [4.78, 5) is 6.65. The van der Waals surface area contributed by atoms with Crippen molar-refractivity contribution in [1.82, 2.24) is 10.1 Å². The lowest BCUT2D eigenvalue weighted by molar-refractivity contribution is 0.375. The fourth-order valence-electron chi connectivity index (χ4n) is 1.42. The van der Waals surface area contributed by atoms with Crippen LogP contribution in [-0.2, 0) is 12.8 Å². The van der Waals surface area contributed by atoms with Gasteiger partial charge < -0.3 is 10.3 Å². The zero-order chi connectivity index (χ0) is 11.5. The van der Waals surface area contributed by atoms with Gasteiger partial charge in [-0.15, -0.1) is 11.3 Å². The normalized spacial score (nSPS) is 12.9. The second-order valence-electron chi connectivity index (χ2n) is 3.54. The third-order valence-corrected chi connectivity index (χ3v) is 3.71. The Labute approximate surface area is 98.5 Å². The van der Waals surface area contributed by atoms with E-state index < -0.39 is 0 Å². The summed E-state index contributed by atoms with van der Waals surface area (Å²) in [6.45, 7) is 4.10. The lowest BCUT2D eigenvalue weighted by atomic mass is 10.2. The molecule has 2 heterocycles. The molecule has 16 heavy (non-hydrogen) atoms. The third kappa shape index (κ3) is 2.15. The van der Waals surface area contributed by atoms with E-state index in [9.17, 15) is 0 Å². The highest BCUT2D eigenvalue weighted by Crippen LogP contribution is 2.25. The Hall–Kier alpha value is -1.20. The molecule has 2 N–H and O–H groups in total. The number of hydrogen-bond acceptors (Lipinski definition) is 5. The monoisotopic (exact) mass is 237 g/mol. The fraction of sp³-hybridized carbons (Fsp3) is 0.455. The molecule has 2 aromatic heterocycles. The van der Waals surface area contributed by atoms with Crippen LogP contribution in [0.4, 0.5) is 0 Å². The SMILES string of the molecule is CCc1nc(C(N)c2ccc(CC)s2)no1. The molecular weight excluding hydrogens is 222 g/mol. The van der Waals surface area contributed by atoms with Crippen molar-refractivity contribution in [3.63, 3.8) is 0 Å². The Morgan fingerprint density at radius 2 is 2.19 bits per heavy atom. The molecular formula is C11H15N3OS. The van der Waals surface area contributed by atoms with Gasteiger partial charge in [0.15, 0.2) is 5.82 Å². The zero-order valence-electron chi connectivity index (χ0n) is 9.43. The first kappa shape index (κ1) is 11.3. The summed E-state index contributed by atoms with van der Waals surface area (Å²) >= 11 is 1.71. The highest BCUT2D eigenvalue weighted by molar-refractivity contribution is 7.12. The zero-order valence-corrected chi connectivity index (χ0v) is 10.3. The van der Waals surface area contributed by atoms with Gasteiger partial charge in [-0.05, 0) is 18.6 Å². The summed E-state index contributed by atoms with van der Waals surface area (Å²) in [5.74, 6) is 1.21. The van der Waals surface area contributed by atoms with Crippen molar-refractivity contribution in [3.8, 4) is 0 Å². The van der Waals surface area contributed by atoms with E-state index in [1.807, 2.05) is 13.0 Å². The van der Waals surface area contributed by atoms with Crippen molar-refractivity contribution >= 4 is 11.3 Å². The Morgan fingerprint density at radius 1 is 1.38 bits per heavy atom. The van der Waals surface area contributed by atoms with Gasteiger partial charge >= 0.3 is 0 Å². The van der Waals surface area contributed by atoms with Crippen molar-refractivity contribution in [2.24, 2.45) is 5.73 Å². The van der Waals surface area contributed by atoms with Crippen LogP contribution < -0.4 is 5.73 Å². The van der Waals surface area contributed by atoms with Crippen molar-refractivity contribution in [2.45, 2.75) is 32.7 Å². The van der Waals surface area contributed by atoms with E-state index in [0.29, 0.717) is 11.7 Å². The number of aromatic nitrogens is 2. The first-order valence-electron chi connectivity index (χ1n) is 5.41. The number of aryl methyl sites for hydroxylation is 2. The molecule has 0 radical (unpaired) electrons. The largest absolute Gasteiger partial charge is 0.339 e. The number of rotatable bonds is 4. The quantitative estimate of drug-likeness (QED) is 0.886. The third-order valence-electron chi connectivity index (χ3n) is 2.40. The summed E-state index contributed by atoms with van der Waals surface area (Å²) in [6.07, 6.45) is 1.77. The van der Waals surface area contributed by atoms with Gasteiger partial charge in [0.05, 0.1) is 0 Å². The molecule has 0 spiro atoms. The minimum Gasteiger partial charge on any atom is -0.339 e. The molecule has 86 valence electrons. The van der Waals surface area contributed by atoms with E-state index >= 15 is 0 Å². The molecule has 2 rings (SSSR count). The molecule has 0 saturated heterocycles. The van der Waals surface area contributed by atoms with Crippen molar-refractivity contribution in [2.75, 3.05) is 0 Å². The van der Waals surface area contributed by atoms with Gasteiger partial charge in [-0.3, -0.25) is 0 Å². The molecule has 0 aliphatic carbocycles. The second kappa shape index (κ2) is 4.76. The van der Waals surface area contributed by atoms with Crippen molar-refractivity contribution < 1.29 is 4.52 Å². The van der Waals surface area contributed by atoms with E-state index in [4.69, 9.17) is 10.3 Å². The van der Waals surface area contributed by atoms with Gasteiger partial charge in [-0.1, -0.05) is 19.0 Å². The maximum atomic E-state index is 6.08. The van der Waals surface area contributed by atoms with Crippen LogP contribution in [0.25, 0.3) is 0 Å². The number of hydrogen-bond donors (Lipinski definition) is 1. The van der Waals surface area contributed by atoms with Crippen LogP contribution in [-0.4, -0.2) is 10.1 Å². The van der Waals surface area contributed by atoms with Crippen molar-refractivity contribution in [1.29, 1.82) is 0 Å². The standard InChI is InChI=1S/C11H15N3OS/c1-3-7-5-6-8(16-7)10(12)11-13-9(4-2)15-14-11/h5-6,10H,3-4,12H2,1-2H3. The van der Waals surface area contributed by atoms with Crippen LogP contribution in [0.2, 0.25) is 0 Å². The van der Waals surface area contributed by atoms with Gasteiger partial charge in [0, 0.05) is 16.2 Å².